The second-order valence-corrected chi connectivity index (χ2v) is 7.57. The van der Waals surface area contributed by atoms with E-state index in [1.54, 1.807) is 29.8 Å². The Morgan fingerprint density at radius 3 is 2.74 bits per heavy atom. The number of para-hydroxylation sites is 1. The molecule has 0 spiro atoms. The van der Waals surface area contributed by atoms with Gasteiger partial charge in [0.1, 0.15) is 16.5 Å². The zero-order valence-electron chi connectivity index (χ0n) is 15.0. The molecular formula is C20H18N4OS2. The molecule has 5 nitrogen and oxygen atoms in total. The van der Waals surface area contributed by atoms with Crippen LogP contribution in [0.1, 0.15) is 11.3 Å². The van der Waals surface area contributed by atoms with Crippen molar-refractivity contribution in [2.24, 2.45) is 0 Å². The SMILES string of the molecule is COc1ccccc1CNc1ncc(-c2ccsc2)c(-c2nc(C)cs2)n1. The smallest absolute Gasteiger partial charge is 0.223 e. The minimum Gasteiger partial charge on any atom is -0.496 e. The van der Waals surface area contributed by atoms with E-state index in [9.17, 15) is 0 Å². The number of methoxy groups -OCH3 is 1. The van der Waals surface area contributed by atoms with Crippen molar-refractivity contribution in [1.82, 2.24) is 15.0 Å². The fourth-order valence-corrected chi connectivity index (χ4v) is 4.20. The molecule has 0 aliphatic rings. The first-order valence-corrected chi connectivity index (χ1v) is 10.2. The van der Waals surface area contributed by atoms with E-state index in [2.05, 4.69) is 32.1 Å². The second-order valence-electron chi connectivity index (χ2n) is 5.93. The molecule has 0 aliphatic carbocycles. The van der Waals surface area contributed by atoms with Crippen LogP contribution in [0.2, 0.25) is 0 Å². The zero-order valence-corrected chi connectivity index (χ0v) is 16.6. The third kappa shape index (κ3) is 3.84. The standard InChI is InChI=1S/C20H18N4OS2/c1-13-11-27-19(23-13)18-16(15-7-8-26-12-15)10-22-20(24-18)21-9-14-5-3-4-6-17(14)25-2/h3-8,10-12H,9H2,1-2H3,(H,21,22,24). The number of aromatic nitrogens is 3. The first-order chi connectivity index (χ1) is 13.2. The van der Waals surface area contributed by atoms with Gasteiger partial charge in [-0.2, -0.15) is 11.3 Å². The lowest BCUT2D eigenvalue weighted by molar-refractivity contribution is 0.410. The molecule has 4 rings (SSSR count). The third-order valence-electron chi connectivity index (χ3n) is 4.07. The van der Waals surface area contributed by atoms with Crippen LogP contribution in [0.3, 0.4) is 0 Å². The molecule has 0 saturated carbocycles. The Balaban J connectivity index is 1.66. The lowest BCUT2D eigenvalue weighted by Gasteiger charge is -2.11. The number of aryl methyl sites for hydroxylation is 1. The molecular weight excluding hydrogens is 376 g/mol. The van der Waals surface area contributed by atoms with E-state index in [-0.39, 0.29) is 0 Å². The molecule has 7 heteroatoms. The Bertz CT molecular complexity index is 1040. The normalized spacial score (nSPS) is 10.7. The van der Waals surface area contributed by atoms with Gasteiger partial charge in [-0.25, -0.2) is 15.0 Å². The molecule has 3 aromatic heterocycles. The van der Waals surface area contributed by atoms with Crippen molar-refractivity contribution in [2.45, 2.75) is 13.5 Å². The van der Waals surface area contributed by atoms with E-state index in [4.69, 9.17) is 9.72 Å². The molecule has 1 aromatic carbocycles. The number of ether oxygens (including phenoxy) is 1. The Labute approximate surface area is 165 Å². The summed E-state index contributed by atoms with van der Waals surface area (Å²) < 4.78 is 5.41. The van der Waals surface area contributed by atoms with E-state index in [1.165, 1.54) is 0 Å². The van der Waals surface area contributed by atoms with E-state index in [0.717, 1.165) is 38.8 Å². The van der Waals surface area contributed by atoms with Crippen LogP contribution in [0.5, 0.6) is 5.75 Å². The van der Waals surface area contributed by atoms with Crippen molar-refractivity contribution in [1.29, 1.82) is 0 Å². The predicted molar refractivity (Wildman–Crippen MR) is 112 cm³/mol. The van der Waals surface area contributed by atoms with Gasteiger partial charge >= 0.3 is 0 Å². The van der Waals surface area contributed by atoms with Gasteiger partial charge < -0.3 is 10.1 Å². The van der Waals surface area contributed by atoms with Gasteiger partial charge in [-0.3, -0.25) is 0 Å². The van der Waals surface area contributed by atoms with Crippen molar-refractivity contribution < 1.29 is 4.74 Å². The Kier molecular flexibility index (Phi) is 5.13. The number of anilines is 1. The average Bonchev–Trinajstić information content (AvgIpc) is 3.38. The molecule has 0 radical (unpaired) electrons. The third-order valence-corrected chi connectivity index (χ3v) is 5.72. The number of nitrogens with zero attached hydrogens (tertiary/aromatic N) is 3. The fraction of sp³-hybridized carbons (Fsp3) is 0.150. The van der Waals surface area contributed by atoms with Crippen LogP contribution < -0.4 is 10.1 Å². The number of nitrogens with one attached hydrogen (secondary N) is 1. The van der Waals surface area contributed by atoms with Gasteiger partial charge in [-0.05, 0) is 35.4 Å². The average molecular weight is 395 g/mol. The molecule has 136 valence electrons. The topological polar surface area (TPSA) is 59.9 Å². The maximum Gasteiger partial charge on any atom is 0.223 e. The highest BCUT2D eigenvalue weighted by molar-refractivity contribution is 7.13. The van der Waals surface area contributed by atoms with Crippen LogP contribution in [0.15, 0.2) is 52.7 Å². The quantitative estimate of drug-likeness (QED) is 0.483. The van der Waals surface area contributed by atoms with Gasteiger partial charge in [-0.15, -0.1) is 11.3 Å². The number of rotatable bonds is 6. The van der Waals surface area contributed by atoms with Crippen molar-refractivity contribution >= 4 is 28.6 Å². The van der Waals surface area contributed by atoms with Crippen LogP contribution >= 0.6 is 22.7 Å². The first-order valence-electron chi connectivity index (χ1n) is 8.42. The molecule has 0 saturated heterocycles. The molecule has 0 aliphatic heterocycles. The minimum absolute atomic E-state index is 0.572. The summed E-state index contributed by atoms with van der Waals surface area (Å²) in [6, 6.07) is 9.99. The molecule has 0 atom stereocenters. The Morgan fingerprint density at radius 2 is 2.00 bits per heavy atom. The molecule has 27 heavy (non-hydrogen) atoms. The number of benzene rings is 1. The lowest BCUT2D eigenvalue weighted by atomic mass is 10.1. The van der Waals surface area contributed by atoms with Crippen LogP contribution in [0.25, 0.3) is 21.8 Å². The first kappa shape index (κ1) is 17.6. The minimum atomic E-state index is 0.572. The van der Waals surface area contributed by atoms with Gasteiger partial charge in [0.05, 0.1) is 7.11 Å². The molecule has 0 amide bonds. The van der Waals surface area contributed by atoms with E-state index < -0.39 is 0 Å². The molecule has 0 bridgehead atoms. The summed E-state index contributed by atoms with van der Waals surface area (Å²) in [5.74, 6) is 1.42. The second kappa shape index (κ2) is 7.85. The van der Waals surface area contributed by atoms with Gasteiger partial charge in [-0.1, -0.05) is 18.2 Å². The highest BCUT2D eigenvalue weighted by Gasteiger charge is 2.15. The largest absolute Gasteiger partial charge is 0.496 e. The van der Waals surface area contributed by atoms with Crippen LogP contribution in [0.4, 0.5) is 5.95 Å². The predicted octanol–water partition coefficient (Wildman–Crippen LogP) is 5.26. The summed E-state index contributed by atoms with van der Waals surface area (Å²) >= 11 is 3.25. The van der Waals surface area contributed by atoms with Gasteiger partial charge in [0.25, 0.3) is 0 Å². The summed E-state index contributed by atoms with van der Waals surface area (Å²) in [7, 11) is 1.67. The Morgan fingerprint density at radius 1 is 1.11 bits per heavy atom. The summed E-state index contributed by atoms with van der Waals surface area (Å²) in [6.45, 7) is 2.57. The lowest BCUT2D eigenvalue weighted by Crippen LogP contribution is -2.06. The maximum absolute atomic E-state index is 5.41. The number of thiazole rings is 1. The van der Waals surface area contributed by atoms with Gasteiger partial charge in [0, 0.05) is 34.9 Å². The summed E-state index contributed by atoms with van der Waals surface area (Å²) in [5, 5.41) is 10.4. The molecule has 3 heterocycles. The van der Waals surface area contributed by atoms with Crippen molar-refractivity contribution in [3.8, 4) is 27.6 Å². The van der Waals surface area contributed by atoms with Crippen molar-refractivity contribution in [3.63, 3.8) is 0 Å². The van der Waals surface area contributed by atoms with Crippen LogP contribution in [-0.2, 0) is 6.54 Å². The molecule has 0 fully saturated rings. The van der Waals surface area contributed by atoms with Crippen LogP contribution in [0, 0.1) is 6.92 Å². The monoisotopic (exact) mass is 394 g/mol. The van der Waals surface area contributed by atoms with E-state index in [0.29, 0.717) is 12.5 Å². The summed E-state index contributed by atoms with van der Waals surface area (Å²) in [4.78, 5) is 13.9. The molecule has 4 aromatic rings. The Hall–Kier alpha value is -2.77. The number of thiophene rings is 1. The van der Waals surface area contributed by atoms with E-state index in [1.807, 2.05) is 42.8 Å². The molecule has 1 N–H and O–H groups in total. The molecule has 0 unspecified atom stereocenters. The van der Waals surface area contributed by atoms with Crippen molar-refractivity contribution in [2.75, 3.05) is 12.4 Å². The van der Waals surface area contributed by atoms with Crippen LogP contribution in [-0.4, -0.2) is 22.1 Å². The number of hydrogen-bond donors (Lipinski definition) is 1. The van der Waals surface area contributed by atoms with Gasteiger partial charge in [0.2, 0.25) is 5.95 Å². The maximum atomic E-state index is 5.41. The highest BCUT2D eigenvalue weighted by atomic mass is 32.1. The summed E-state index contributed by atoms with van der Waals surface area (Å²) in [6.07, 6.45) is 1.87. The van der Waals surface area contributed by atoms with Gasteiger partial charge in [0.15, 0.2) is 0 Å². The van der Waals surface area contributed by atoms with Crippen molar-refractivity contribution in [3.05, 3.63) is 63.9 Å². The zero-order chi connectivity index (χ0) is 18.6. The number of hydrogen-bond acceptors (Lipinski definition) is 7. The highest BCUT2D eigenvalue weighted by Crippen LogP contribution is 2.33. The fourth-order valence-electron chi connectivity index (χ4n) is 2.75. The summed E-state index contributed by atoms with van der Waals surface area (Å²) in [5.41, 5.74) is 5.00. The van der Waals surface area contributed by atoms with E-state index >= 15 is 0 Å².